The van der Waals surface area contributed by atoms with Crippen molar-refractivity contribution < 1.29 is 4.74 Å². The molecule has 0 fully saturated rings. The summed E-state index contributed by atoms with van der Waals surface area (Å²) in [7, 11) is 1.69. The topological polar surface area (TPSA) is 48.1 Å². The number of nitrogens with zero attached hydrogens (tertiary/aromatic N) is 1. The summed E-state index contributed by atoms with van der Waals surface area (Å²) in [5.41, 5.74) is 6.78. The second-order valence-electron chi connectivity index (χ2n) is 4.16. The van der Waals surface area contributed by atoms with Crippen LogP contribution in [0.3, 0.4) is 0 Å². The van der Waals surface area contributed by atoms with Crippen molar-refractivity contribution in [2.45, 2.75) is 19.8 Å². The fraction of sp³-hybridized carbons (Fsp3) is 0.462. The fourth-order valence-corrected chi connectivity index (χ4v) is 2.92. The van der Waals surface area contributed by atoms with Crippen molar-refractivity contribution >= 4 is 21.6 Å². The molecule has 1 aromatic carbocycles. The van der Waals surface area contributed by atoms with E-state index in [2.05, 4.69) is 11.9 Å². The monoisotopic (exact) mass is 250 g/mol. The predicted octanol–water partition coefficient (Wildman–Crippen LogP) is 2.83. The van der Waals surface area contributed by atoms with Crippen molar-refractivity contribution in [3.63, 3.8) is 0 Å². The molecule has 0 bridgehead atoms. The van der Waals surface area contributed by atoms with E-state index >= 15 is 0 Å². The van der Waals surface area contributed by atoms with Gasteiger partial charge in [0, 0.05) is 6.42 Å². The summed E-state index contributed by atoms with van der Waals surface area (Å²) < 4.78 is 6.40. The molecule has 1 heterocycles. The molecule has 0 spiro atoms. The van der Waals surface area contributed by atoms with Gasteiger partial charge in [-0.25, -0.2) is 4.98 Å². The SMILES string of the molecule is CCC(CN)Cc1nc2ccc(OC)cc2s1. The van der Waals surface area contributed by atoms with Crippen LogP contribution in [0.5, 0.6) is 5.75 Å². The molecule has 92 valence electrons. The Bertz CT molecular complexity index is 491. The Balaban J connectivity index is 2.25. The molecule has 2 aromatic rings. The highest BCUT2D eigenvalue weighted by molar-refractivity contribution is 7.18. The standard InChI is InChI=1S/C13H18N2OS/c1-3-9(8-14)6-13-15-11-5-4-10(16-2)7-12(11)17-13/h4-5,7,9H,3,6,8,14H2,1-2H3. The first kappa shape index (κ1) is 12.3. The van der Waals surface area contributed by atoms with Crippen molar-refractivity contribution in [3.05, 3.63) is 23.2 Å². The minimum absolute atomic E-state index is 0.539. The van der Waals surface area contributed by atoms with Gasteiger partial charge in [0.05, 0.1) is 22.3 Å². The van der Waals surface area contributed by atoms with Gasteiger partial charge in [-0.3, -0.25) is 0 Å². The van der Waals surface area contributed by atoms with E-state index in [9.17, 15) is 0 Å². The van der Waals surface area contributed by atoms with Crippen LogP contribution in [0.15, 0.2) is 18.2 Å². The zero-order valence-corrected chi connectivity index (χ0v) is 11.1. The van der Waals surface area contributed by atoms with E-state index < -0.39 is 0 Å². The number of hydrogen-bond donors (Lipinski definition) is 1. The Morgan fingerprint density at radius 3 is 2.94 bits per heavy atom. The smallest absolute Gasteiger partial charge is 0.120 e. The Hall–Kier alpha value is -1.13. The fourth-order valence-electron chi connectivity index (χ4n) is 1.81. The van der Waals surface area contributed by atoms with E-state index in [0.29, 0.717) is 5.92 Å². The van der Waals surface area contributed by atoms with Crippen molar-refractivity contribution in [1.29, 1.82) is 0 Å². The second kappa shape index (κ2) is 5.47. The molecular formula is C13H18N2OS. The van der Waals surface area contributed by atoms with Gasteiger partial charge in [-0.2, -0.15) is 0 Å². The van der Waals surface area contributed by atoms with Crippen molar-refractivity contribution in [3.8, 4) is 5.75 Å². The Labute approximate surface area is 106 Å². The summed E-state index contributed by atoms with van der Waals surface area (Å²) in [5.74, 6) is 1.43. The molecule has 2 N–H and O–H groups in total. The lowest BCUT2D eigenvalue weighted by atomic mass is 10.0. The molecule has 0 aliphatic rings. The highest BCUT2D eigenvalue weighted by atomic mass is 32.1. The highest BCUT2D eigenvalue weighted by Gasteiger charge is 2.10. The lowest BCUT2D eigenvalue weighted by Crippen LogP contribution is -2.15. The van der Waals surface area contributed by atoms with Gasteiger partial charge in [0.15, 0.2) is 0 Å². The molecule has 0 radical (unpaired) electrons. The maximum atomic E-state index is 5.73. The van der Waals surface area contributed by atoms with Gasteiger partial charge < -0.3 is 10.5 Å². The van der Waals surface area contributed by atoms with Crippen LogP contribution in [-0.4, -0.2) is 18.6 Å². The van der Waals surface area contributed by atoms with Crippen molar-refractivity contribution in [1.82, 2.24) is 4.98 Å². The first-order valence-electron chi connectivity index (χ1n) is 5.90. The molecule has 0 amide bonds. The number of fused-ring (bicyclic) bond motifs is 1. The van der Waals surface area contributed by atoms with E-state index in [-0.39, 0.29) is 0 Å². The summed E-state index contributed by atoms with van der Waals surface area (Å²) in [6, 6.07) is 6.00. The molecule has 3 nitrogen and oxygen atoms in total. The normalized spacial score (nSPS) is 12.9. The van der Waals surface area contributed by atoms with Crippen LogP contribution in [0.4, 0.5) is 0 Å². The molecule has 1 unspecified atom stereocenters. The van der Waals surface area contributed by atoms with Crippen LogP contribution in [0.25, 0.3) is 10.2 Å². The summed E-state index contributed by atoms with van der Waals surface area (Å²) in [5, 5.41) is 1.17. The van der Waals surface area contributed by atoms with E-state index in [1.165, 1.54) is 9.71 Å². The van der Waals surface area contributed by atoms with Crippen LogP contribution in [0.2, 0.25) is 0 Å². The molecule has 1 atom stereocenters. The first-order chi connectivity index (χ1) is 8.26. The number of nitrogens with two attached hydrogens (primary N) is 1. The van der Waals surface area contributed by atoms with Gasteiger partial charge in [0.25, 0.3) is 0 Å². The van der Waals surface area contributed by atoms with Crippen LogP contribution in [0.1, 0.15) is 18.4 Å². The number of hydrogen-bond acceptors (Lipinski definition) is 4. The lowest BCUT2D eigenvalue weighted by molar-refractivity contribution is 0.415. The maximum absolute atomic E-state index is 5.73. The number of methoxy groups -OCH3 is 1. The summed E-state index contributed by atoms with van der Waals surface area (Å²) in [6.45, 7) is 2.91. The Kier molecular flexibility index (Phi) is 3.97. The average molecular weight is 250 g/mol. The van der Waals surface area contributed by atoms with E-state index in [1.807, 2.05) is 18.2 Å². The Morgan fingerprint density at radius 1 is 1.47 bits per heavy atom. The van der Waals surface area contributed by atoms with Crippen molar-refractivity contribution in [2.75, 3.05) is 13.7 Å². The summed E-state index contributed by atoms with van der Waals surface area (Å²) in [6.07, 6.45) is 2.09. The zero-order valence-electron chi connectivity index (χ0n) is 10.3. The molecule has 4 heteroatoms. The largest absolute Gasteiger partial charge is 0.497 e. The van der Waals surface area contributed by atoms with Gasteiger partial charge in [0.2, 0.25) is 0 Å². The molecule has 0 saturated carbocycles. The minimum Gasteiger partial charge on any atom is -0.497 e. The molecule has 2 rings (SSSR count). The summed E-state index contributed by atoms with van der Waals surface area (Å²) >= 11 is 1.74. The highest BCUT2D eigenvalue weighted by Crippen LogP contribution is 2.27. The molecule has 17 heavy (non-hydrogen) atoms. The van der Waals surface area contributed by atoms with E-state index in [4.69, 9.17) is 10.5 Å². The second-order valence-corrected chi connectivity index (χ2v) is 5.27. The van der Waals surface area contributed by atoms with Gasteiger partial charge in [0.1, 0.15) is 5.75 Å². The summed E-state index contributed by atoms with van der Waals surface area (Å²) in [4.78, 5) is 4.63. The van der Waals surface area contributed by atoms with Gasteiger partial charge in [-0.15, -0.1) is 11.3 Å². The number of ether oxygens (including phenoxy) is 1. The lowest BCUT2D eigenvalue weighted by Gasteiger charge is -2.08. The minimum atomic E-state index is 0.539. The number of thiazole rings is 1. The van der Waals surface area contributed by atoms with E-state index in [0.717, 1.165) is 30.7 Å². The average Bonchev–Trinajstić information content (AvgIpc) is 2.76. The third-order valence-electron chi connectivity index (χ3n) is 3.01. The van der Waals surface area contributed by atoms with Gasteiger partial charge >= 0.3 is 0 Å². The third kappa shape index (κ3) is 2.76. The molecule has 0 aliphatic heterocycles. The first-order valence-corrected chi connectivity index (χ1v) is 6.72. The number of rotatable bonds is 5. The quantitative estimate of drug-likeness (QED) is 0.887. The zero-order chi connectivity index (χ0) is 12.3. The molecule has 1 aromatic heterocycles. The van der Waals surface area contributed by atoms with Crippen LogP contribution in [0, 0.1) is 5.92 Å². The molecule has 0 aliphatic carbocycles. The molecular weight excluding hydrogens is 232 g/mol. The van der Waals surface area contributed by atoms with Crippen LogP contribution >= 0.6 is 11.3 Å². The third-order valence-corrected chi connectivity index (χ3v) is 4.05. The number of aromatic nitrogens is 1. The predicted molar refractivity (Wildman–Crippen MR) is 72.7 cm³/mol. The van der Waals surface area contributed by atoms with Crippen LogP contribution < -0.4 is 10.5 Å². The molecule has 0 saturated heterocycles. The Morgan fingerprint density at radius 2 is 2.29 bits per heavy atom. The number of benzene rings is 1. The van der Waals surface area contributed by atoms with Crippen LogP contribution in [-0.2, 0) is 6.42 Å². The van der Waals surface area contributed by atoms with Gasteiger partial charge in [-0.05, 0) is 30.7 Å². The van der Waals surface area contributed by atoms with E-state index in [1.54, 1.807) is 18.4 Å². The maximum Gasteiger partial charge on any atom is 0.120 e. The van der Waals surface area contributed by atoms with Gasteiger partial charge in [-0.1, -0.05) is 13.3 Å². The van der Waals surface area contributed by atoms with Crippen molar-refractivity contribution in [2.24, 2.45) is 11.7 Å².